The average Bonchev–Trinajstić information content (AvgIpc) is 3.44. The zero-order chi connectivity index (χ0) is 28.0. The van der Waals surface area contributed by atoms with Gasteiger partial charge in [0.2, 0.25) is 0 Å². The van der Waals surface area contributed by atoms with Crippen LogP contribution in [0.4, 0.5) is 0 Å². The molecule has 13 atom stereocenters. The number of rotatable bonds is 4. The topological polar surface area (TPSA) is 166 Å². The standard InChI is InChI=1S/C29H44O10/c1-26-7-3-16(38-25-24(34)23(33)22(32)20(13-30)39-25)12-28(26,35)9-5-19-18(26)4-8-27(2)17(6-10-29(19,27)36)15-11-21(31)37-14-15/h11,16-20,22-25,30,32-36H,3-10,12-14H2,1-2H3/t16-,17+,18-,19+,20+,22+,23-,24+,25+,26+,27+,28-,29-/m0/s1. The lowest BCUT2D eigenvalue weighted by Gasteiger charge is -2.66. The van der Waals surface area contributed by atoms with Crippen molar-refractivity contribution >= 4 is 5.97 Å². The fourth-order valence-electron chi connectivity index (χ4n) is 9.85. The molecule has 1 saturated heterocycles. The molecule has 6 N–H and O–H groups in total. The van der Waals surface area contributed by atoms with Crippen molar-refractivity contribution in [1.82, 2.24) is 0 Å². The van der Waals surface area contributed by atoms with E-state index < -0.39 is 60.0 Å². The number of aliphatic hydroxyl groups excluding tert-OH is 4. The van der Waals surface area contributed by atoms with Gasteiger partial charge in [0.05, 0.1) is 23.9 Å². The van der Waals surface area contributed by atoms with E-state index in [1.807, 2.05) is 0 Å². The zero-order valence-corrected chi connectivity index (χ0v) is 22.9. The molecule has 10 heteroatoms. The van der Waals surface area contributed by atoms with Crippen LogP contribution in [0.5, 0.6) is 0 Å². The van der Waals surface area contributed by atoms with Crippen molar-refractivity contribution in [2.45, 2.75) is 120 Å². The van der Waals surface area contributed by atoms with Crippen LogP contribution in [0.2, 0.25) is 0 Å². The molecule has 10 nitrogen and oxygen atoms in total. The van der Waals surface area contributed by atoms with Crippen LogP contribution in [0.1, 0.15) is 71.6 Å². The molecule has 2 heterocycles. The highest BCUT2D eigenvalue weighted by Gasteiger charge is 2.70. The van der Waals surface area contributed by atoms with Crippen LogP contribution in [0, 0.1) is 28.6 Å². The van der Waals surface area contributed by atoms with Gasteiger partial charge in [-0.05, 0) is 80.1 Å². The minimum absolute atomic E-state index is 0.0491. The molecule has 2 aliphatic heterocycles. The van der Waals surface area contributed by atoms with Crippen molar-refractivity contribution in [3.63, 3.8) is 0 Å². The van der Waals surface area contributed by atoms with Crippen LogP contribution in [0.15, 0.2) is 11.6 Å². The first-order valence-corrected chi connectivity index (χ1v) is 14.6. The Morgan fingerprint density at radius 2 is 1.64 bits per heavy atom. The van der Waals surface area contributed by atoms with Crippen LogP contribution in [-0.4, -0.2) is 97.8 Å². The van der Waals surface area contributed by atoms with Crippen molar-refractivity contribution in [3.8, 4) is 0 Å². The zero-order valence-electron chi connectivity index (χ0n) is 22.9. The van der Waals surface area contributed by atoms with Gasteiger partial charge >= 0.3 is 5.97 Å². The predicted octanol–water partition coefficient (Wildman–Crippen LogP) is 0.543. The molecule has 0 bridgehead atoms. The van der Waals surface area contributed by atoms with Crippen molar-refractivity contribution in [3.05, 3.63) is 11.6 Å². The summed E-state index contributed by atoms with van der Waals surface area (Å²) < 4.78 is 16.8. The third-order valence-corrected chi connectivity index (χ3v) is 12.3. The Morgan fingerprint density at radius 1 is 0.923 bits per heavy atom. The van der Waals surface area contributed by atoms with Crippen molar-refractivity contribution in [1.29, 1.82) is 0 Å². The highest BCUT2D eigenvalue weighted by Crippen LogP contribution is 2.70. The molecule has 39 heavy (non-hydrogen) atoms. The number of hydrogen-bond donors (Lipinski definition) is 6. The summed E-state index contributed by atoms with van der Waals surface area (Å²) >= 11 is 0. The van der Waals surface area contributed by atoms with Crippen LogP contribution < -0.4 is 0 Å². The van der Waals surface area contributed by atoms with Crippen LogP contribution >= 0.6 is 0 Å². The summed E-state index contributed by atoms with van der Waals surface area (Å²) in [7, 11) is 0. The minimum Gasteiger partial charge on any atom is -0.458 e. The molecular weight excluding hydrogens is 508 g/mol. The van der Waals surface area contributed by atoms with E-state index in [4.69, 9.17) is 14.2 Å². The second kappa shape index (κ2) is 9.46. The number of fused-ring (bicyclic) bond motifs is 5. The summed E-state index contributed by atoms with van der Waals surface area (Å²) in [6.07, 6.45) is 0.543. The smallest absolute Gasteiger partial charge is 0.331 e. The third-order valence-electron chi connectivity index (χ3n) is 12.3. The van der Waals surface area contributed by atoms with Gasteiger partial charge in [0, 0.05) is 17.9 Å². The summed E-state index contributed by atoms with van der Waals surface area (Å²) in [5.74, 6) is 0.00615. The molecule has 4 saturated carbocycles. The second-order valence-electron chi connectivity index (χ2n) is 13.7. The number of cyclic esters (lactones) is 1. The molecule has 5 fully saturated rings. The van der Waals surface area contributed by atoms with Crippen LogP contribution in [0.3, 0.4) is 0 Å². The summed E-state index contributed by atoms with van der Waals surface area (Å²) in [6, 6.07) is 0. The first-order chi connectivity index (χ1) is 18.4. The van der Waals surface area contributed by atoms with E-state index in [9.17, 15) is 35.4 Å². The quantitative estimate of drug-likeness (QED) is 0.214. The van der Waals surface area contributed by atoms with E-state index in [-0.39, 0.29) is 29.1 Å². The van der Waals surface area contributed by atoms with E-state index in [0.717, 1.165) is 24.8 Å². The third kappa shape index (κ3) is 3.93. The van der Waals surface area contributed by atoms with Crippen molar-refractivity contribution < 1.29 is 49.6 Å². The lowest BCUT2D eigenvalue weighted by Crippen LogP contribution is -2.67. The first kappa shape index (κ1) is 28.0. The normalized spacial score (nSPS) is 55.3. The Bertz CT molecular complexity index is 1020. The van der Waals surface area contributed by atoms with E-state index in [0.29, 0.717) is 45.1 Å². The van der Waals surface area contributed by atoms with Crippen molar-refractivity contribution in [2.75, 3.05) is 13.2 Å². The Hall–Kier alpha value is -1.11. The predicted molar refractivity (Wildman–Crippen MR) is 136 cm³/mol. The molecule has 6 aliphatic rings. The van der Waals surface area contributed by atoms with Gasteiger partial charge < -0.3 is 44.8 Å². The Kier molecular flexibility index (Phi) is 6.80. The second-order valence-corrected chi connectivity index (χ2v) is 13.7. The van der Waals surface area contributed by atoms with E-state index >= 15 is 0 Å². The molecule has 0 radical (unpaired) electrons. The Labute approximate surface area is 229 Å². The number of carbonyl (C=O) groups is 1. The van der Waals surface area contributed by atoms with Crippen molar-refractivity contribution in [2.24, 2.45) is 28.6 Å². The van der Waals surface area contributed by atoms with E-state index in [2.05, 4.69) is 13.8 Å². The molecule has 0 unspecified atom stereocenters. The number of ether oxygens (including phenoxy) is 3. The summed E-state index contributed by atoms with van der Waals surface area (Å²) in [5, 5.41) is 64.7. The van der Waals surface area contributed by atoms with Gasteiger partial charge in [-0.2, -0.15) is 0 Å². The molecule has 6 rings (SSSR count). The number of aliphatic hydroxyl groups is 6. The minimum atomic E-state index is -1.51. The molecule has 220 valence electrons. The highest BCUT2D eigenvalue weighted by molar-refractivity contribution is 5.85. The number of hydrogen-bond acceptors (Lipinski definition) is 10. The molecule has 0 aromatic rings. The van der Waals surface area contributed by atoms with E-state index in [1.165, 1.54) is 0 Å². The highest BCUT2D eigenvalue weighted by atomic mass is 16.7. The van der Waals surface area contributed by atoms with Gasteiger partial charge in [-0.1, -0.05) is 13.8 Å². The maximum atomic E-state index is 12.4. The van der Waals surface area contributed by atoms with Gasteiger partial charge in [-0.15, -0.1) is 0 Å². The SMILES string of the molecule is C[C@]12CC[C@H](O[C@@H]3O[C@H](CO)[C@@H](O)[C@H](O)[C@H]3O)C[C@@]1(O)CC[C@@H]1[C@@H]2CC[C@]2(C)[C@@H](C3=CC(=O)OC3)CC[C@]12O. The fourth-order valence-corrected chi connectivity index (χ4v) is 9.85. The van der Waals surface area contributed by atoms with E-state index in [1.54, 1.807) is 6.08 Å². The first-order valence-electron chi connectivity index (χ1n) is 14.6. The largest absolute Gasteiger partial charge is 0.458 e. The Morgan fingerprint density at radius 3 is 2.33 bits per heavy atom. The number of carbonyl (C=O) groups excluding carboxylic acids is 1. The average molecular weight is 553 g/mol. The van der Waals surface area contributed by atoms with Gasteiger partial charge in [0.25, 0.3) is 0 Å². The van der Waals surface area contributed by atoms with Gasteiger partial charge in [0.1, 0.15) is 31.0 Å². The summed E-state index contributed by atoms with van der Waals surface area (Å²) in [6.45, 7) is 4.12. The molecular formula is C29H44O10. The Balaban J connectivity index is 1.19. The molecule has 0 aromatic carbocycles. The molecule has 0 aromatic heterocycles. The maximum Gasteiger partial charge on any atom is 0.331 e. The maximum absolute atomic E-state index is 12.4. The molecule has 4 aliphatic carbocycles. The van der Waals surface area contributed by atoms with Gasteiger partial charge in [-0.3, -0.25) is 0 Å². The molecule has 0 spiro atoms. The lowest BCUT2D eigenvalue weighted by molar-refractivity contribution is -0.324. The fraction of sp³-hybridized carbons (Fsp3) is 0.897. The van der Waals surface area contributed by atoms with Crippen LogP contribution in [-0.2, 0) is 19.0 Å². The van der Waals surface area contributed by atoms with Gasteiger partial charge in [-0.25, -0.2) is 4.79 Å². The molecule has 0 amide bonds. The van der Waals surface area contributed by atoms with Crippen LogP contribution in [0.25, 0.3) is 0 Å². The lowest BCUT2D eigenvalue weighted by atomic mass is 9.42. The summed E-state index contributed by atoms with van der Waals surface area (Å²) in [5.41, 5.74) is -1.67. The monoisotopic (exact) mass is 552 g/mol. The number of esters is 1. The van der Waals surface area contributed by atoms with Gasteiger partial charge in [0.15, 0.2) is 6.29 Å². The summed E-state index contributed by atoms with van der Waals surface area (Å²) in [4.78, 5) is 11.8.